The molecule has 2 aliphatic rings. The third kappa shape index (κ3) is 3.81. The zero-order chi connectivity index (χ0) is 24.5. The van der Waals surface area contributed by atoms with Crippen molar-refractivity contribution in [3.05, 3.63) is 42.3 Å². The Bertz CT molecular complexity index is 1390. The average molecular weight is 471 g/mol. The van der Waals surface area contributed by atoms with Crippen molar-refractivity contribution in [2.45, 2.75) is 69.7 Å². The average Bonchev–Trinajstić information content (AvgIpc) is 3.26. The van der Waals surface area contributed by atoms with Crippen molar-refractivity contribution >= 4 is 26.7 Å². The van der Waals surface area contributed by atoms with Gasteiger partial charge in [-0.05, 0) is 56.9 Å². The lowest BCUT2D eigenvalue weighted by atomic mass is 9.52. The molecular formula is C25H25B2F2N5O. The maximum absolute atomic E-state index is 13.9. The van der Waals surface area contributed by atoms with Crippen LogP contribution in [0.5, 0.6) is 0 Å². The van der Waals surface area contributed by atoms with Gasteiger partial charge in [-0.25, -0.2) is 8.78 Å². The van der Waals surface area contributed by atoms with Gasteiger partial charge in [0.15, 0.2) is 0 Å². The fourth-order valence-corrected chi connectivity index (χ4v) is 5.38. The van der Waals surface area contributed by atoms with Gasteiger partial charge in [0.25, 0.3) is 0 Å². The Balaban J connectivity index is 1.50. The van der Waals surface area contributed by atoms with Crippen LogP contribution in [0.3, 0.4) is 0 Å². The van der Waals surface area contributed by atoms with Crippen molar-refractivity contribution in [3.8, 4) is 22.3 Å². The number of pyridine rings is 1. The van der Waals surface area contributed by atoms with Gasteiger partial charge in [0, 0.05) is 53.7 Å². The highest BCUT2D eigenvalue weighted by Crippen LogP contribution is 2.44. The molecule has 176 valence electrons. The van der Waals surface area contributed by atoms with Crippen molar-refractivity contribution in [2.75, 3.05) is 0 Å². The fourth-order valence-electron chi connectivity index (χ4n) is 5.38. The first-order valence-electron chi connectivity index (χ1n) is 12.1. The van der Waals surface area contributed by atoms with Crippen LogP contribution in [0.15, 0.2) is 35.4 Å². The third-order valence-corrected chi connectivity index (χ3v) is 7.58. The summed E-state index contributed by atoms with van der Waals surface area (Å²) in [5, 5.41) is 7.24. The summed E-state index contributed by atoms with van der Waals surface area (Å²) in [7, 11) is 13.5. The number of aromatic nitrogens is 5. The Labute approximate surface area is 204 Å². The third-order valence-electron chi connectivity index (χ3n) is 7.58. The van der Waals surface area contributed by atoms with Crippen LogP contribution in [0, 0.1) is 19.8 Å². The molecule has 2 aliphatic carbocycles. The highest BCUT2D eigenvalue weighted by molar-refractivity contribution is 6.38. The largest absolute Gasteiger partial charge is 0.361 e. The summed E-state index contributed by atoms with van der Waals surface area (Å²) in [5.74, 6) is -2.28. The summed E-state index contributed by atoms with van der Waals surface area (Å²) in [6.07, 6.45) is 9.89. The first-order chi connectivity index (χ1) is 16.6. The van der Waals surface area contributed by atoms with E-state index in [0.717, 1.165) is 51.8 Å². The summed E-state index contributed by atoms with van der Waals surface area (Å²) in [6.45, 7) is 3.74. The van der Waals surface area contributed by atoms with Gasteiger partial charge in [-0.3, -0.25) is 9.67 Å². The van der Waals surface area contributed by atoms with Gasteiger partial charge < -0.3 is 9.09 Å². The molecule has 4 aromatic rings. The highest BCUT2D eigenvalue weighted by atomic mass is 19.3. The van der Waals surface area contributed by atoms with Crippen LogP contribution in [0.2, 0.25) is 0 Å². The van der Waals surface area contributed by atoms with Crippen LogP contribution in [0.4, 0.5) is 8.78 Å². The molecule has 0 saturated heterocycles. The molecule has 6 nitrogen and oxygen atoms in total. The van der Waals surface area contributed by atoms with Gasteiger partial charge in [-0.2, -0.15) is 5.10 Å². The predicted molar refractivity (Wildman–Crippen MR) is 131 cm³/mol. The normalized spacial score (nSPS) is 19.0. The number of hydrogen-bond donors (Lipinski definition) is 0. The molecule has 0 bridgehead atoms. The van der Waals surface area contributed by atoms with E-state index in [9.17, 15) is 8.78 Å². The molecular weight excluding hydrogens is 446 g/mol. The molecule has 0 aliphatic heterocycles. The van der Waals surface area contributed by atoms with Gasteiger partial charge in [-0.15, -0.1) is 0 Å². The van der Waals surface area contributed by atoms with Crippen molar-refractivity contribution in [2.24, 2.45) is 5.92 Å². The number of hydrogen-bond acceptors (Lipinski definition) is 4. The lowest BCUT2D eigenvalue weighted by Crippen LogP contribution is -2.45. The monoisotopic (exact) mass is 471 g/mol. The van der Waals surface area contributed by atoms with E-state index in [0.29, 0.717) is 11.8 Å². The van der Waals surface area contributed by atoms with Crippen LogP contribution >= 0.6 is 0 Å². The first-order valence-corrected chi connectivity index (χ1v) is 12.1. The second kappa shape index (κ2) is 7.80. The molecule has 0 amide bonds. The summed E-state index contributed by atoms with van der Waals surface area (Å²) in [4.78, 5) is 4.81. The highest BCUT2D eigenvalue weighted by Gasteiger charge is 2.41. The molecule has 0 N–H and O–H groups in total. The zero-order valence-electron chi connectivity index (χ0n) is 19.8. The minimum atomic E-state index is -2.66. The molecule has 0 unspecified atom stereocenters. The summed E-state index contributed by atoms with van der Waals surface area (Å²) in [5.41, 5.74) is 5.71. The first kappa shape index (κ1) is 22.6. The maximum atomic E-state index is 13.9. The SMILES string of the molecule is [B]C([B])(C1CCC(F)(F)CC1)n1cc(-c2cnn(C3CC3)c2)c2ncc(-c3c(C)noc3C)cc21. The van der Waals surface area contributed by atoms with Crippen molar-refractivity contribution in [1.29, 1.82) is 0 Å². The van der Waals surface area contributed by atoms with E-state index in [1.54, 1.807) is 6.20 Å². The molecule has 35 heavy (non-hydrogen) atoms. The zero-order valence-corrected chi connectivity index (χ0v) is 19.8. The van der Waals surface area contributed by atoms with Crippen molar-refractivity contribution in [3.63, 3.8) is 0 Å². The van der Waals surface area contributed by atoms with E-state index >= 15 is 0 Å². The molecule has 2 saturated carbocycles. The maximum Gasteiger partial charge on any atom is 0.248 e. The fraction of sp³-hybridized carbons (Fsp3) is 0.480. The van der Waals surface area contributed by atoms with E-state index in [4.69, 9.17) is 25.2 Å². The number of fused-ring (bicyclic) bond motifs is 1. The molecule has 4 radical (unpaired) electrons. The Morgan fingerprint density at radius 3 is 2.46 bits per heavy atom. The van der Waals surface area contributed by atoms with Gasteiger partial charge >= 0.3 is 0 Å². The lowest BCUT2D eigenvalue weighted by Gasteiger charge is -2.42. The molecule has 0 aromatic carbocycles. The predicted octanol–water partition coefficient (Wildman–Crippen LogP) is 5.28. The molecule has 6 rings (SSSR count). The molecule has 0 atom stereocenters. The smallest absolute Gasteiger partial charge is 0.248 e. The van der Waals surface area contributed by atoms with E-state index in [1.807, 2.05) is 47.8 Å². The number of aryl methyl sites for hydroxylation is 2. The molecule has 4 aromatic heterocycles. The van der Waals surface area contributed by atoms with Crippen LogP contribution < -0.4 is 0 Å². The minimum absolute atomic E-state index is 0.212. The molecule has 4 heterocycles. The second-order valence-corrected chi connectivity index (χ2v) is 10.2. The van der Waals surface area contributed by atoms with E-state index in [-0.39, 0.29) is 31.6 Å². The lowest BCUT2D eigenvalue weighted by molar-refractivity contribution is -0.0498. The van der Waals surface area contributed by atoms with Gasteiger partial charge in [0.2, 0.25) is 5.92 Å². The van der Waals surface area contributed by atoms with Gasteiger partial charge in [0.1, 0.15) is 5.76 Å². The van der Waals surface area contributed by atoms with E-state index in [1.165, 1.54) is 0 Å². The number of rotatable bonds is 5. The van der Waals surface area contributed by atoms with E-state index in [2.05, 4.69) is 10.3 Å². The van der Waals surface area contributed by atoms with Gasteiger partial charge in [-0.1, -0.05) is 5.16 Å². The number of alkyl halides is 2. The number of nitrogens with zero attached hydrogens (tertiary/aromatic N) is 5. The minimum Gasteiger partial charge on any atom is -0.361 e. The van der Waals surface area contributed by atoms with Gasteiger partial charge in [0.05, 0.1) is 44.7 Å². The Morgan fingerprint density at radius 1 is 1.06 bits per heavy atom. The van der Waals surface area contributed by atoms with Crippen LogP contribution in [0.25, 0.3) is 33.3 Å². The Hall–Kier alpha value is -2.90. The van der Waals surface area contributed by atoms with Crippen LogP contribution in [-0.4, -0.2) is 46.1 Å². The van der Waals surface area contributed by atoms with Crippen molar-refractivity contribution in [1.82, 2.24) is 24.5 Å². The molecule has 2 fully saturated rings. The van der Waals surface area contributed by atoms with Crippen LogP contribution in [-0.2, 0) is 5.34 Å². The Kier molecular flexibility index (Phi) is 5.03. The molecule has 10 heteroatoms. The van der Waals surface area contributed by atoms with Crippen LogP contribution in [0.1, 0.15) is 56.0 Å². The summed E-state index contributed by atoms with van der Waals surface area (Å²) < 4.78 is 36.9. The number of halogens is 2. The standard InChI is InChI=1S/C25H25B2F2N5O/c1-14-22(15(2)35-32-14)16-9-21-23(30-10-16)20(17-11-31-34(12-17)19-3-4-19)13-33(21)25(26,27)18-5-7-24(28,29)8-6-18/h9-13,18-19H,3-8H2,1-2H3. The Morgan fingerprint density at radius 2 is 1.80 bits per heavy atom. The van der Waals surface area contributed by atoms with E-state index < -0.39 is 11.3 Å². The summed E-state index contributed by atoms with van der Waals surface area (Å²) >= 11 is 0. The topological polar surface area (TPSA) is 61.7 Å². The molecule has 0 spiro atoms. The second-order valence-electron chi connectivity index (χ2n) is 10.2. The summed E-state index contributed by atoms with van der Waals surface area (Å²) in [6, 6.07) is 2.43. The van der Waals surface area contributed by atoms with Crippen molar-refractivity contribution < 1.29 is 13.3 Å². The quantitative estimate of drug-likeness (QED) is 0.372.